The second-order valence-electron chi connectivity index (χ2n) is 4.07. The number of ether oxygens (including phenoxy) is 1. The van der Waals surface area contributed by atoms with Gasteiger partial charge in [-0.1, -0.05) is 18.2 Å². The van der Waals surface area contributed by atoms with Crippen LogP contribution in [0.1, 0.15) is 17.4 Å². The average Bonchev–Trinajstić information content (AvgIpc) is 2.95. The Morgan fingerprint density at radius 2 is 2.16 bits per heavy atom. The minimum atomic E-state index is -0.778. The van der Waals surface area contributed by atoms with Crippen molar-refractivity contribution in [2.75, 3.05) is 7.11 Å². The lowest BCUT2D eigenvalue weighted by Gasteiger charge is -2.12. The number of hydrogen-bond donors (Lipinski definition) is 1. The molecule has 1 N–H and O–H groups in total. The van der Waals surface area contributed by atoms with Crippen LogP contribution in [0.2, 0.25) is 0 Å². The van der Waals surface area contributed by atoms with Crippen molar-refractivity contribution in [2.24, 2.45) is 0 Å². The Bertz CT molecular complexity index is 711. The number of fused-ring (bicyclic) bond motifs is 1. The zero-order valence-corrected chi connectivity index (χ0v) is 11.1. The molecule has 0 spiro atoms. The highest BCUT2D eigenvalue weighted by atomic mass is 32.1. The molecule has 1 aromatic carbocycles. The maximum absolute atomic E-state index is 10.5. The maximum atomic E-state index is 10.5. The van der Waals surface area contributed by atoms with Crippen molar-refractivity contribution in [3.05, 3.63) is 53.3 Å². The molecule has 1 unspecified atom stereocenters. The number of aliphatic hydroxyl groups is 1. The number of methoxy groups -OCH3 is 1. The molecule has 4 nitrogen and oxygen atoms in total. The molecule has 0 saturated carbocycles. The number of hydrogen-bond acceptors (Lipinski definition) is 5. The number of aliphatic hydroxyl groups excluding tert-OH is 1. The summed E-state index contributed by atoms with van der Waals surface area (Å²) < 4.78 is 6.13. The molecular formula is C14H12N2O2S. The van der Waals surface area contributed by atoms with Crippen molar-refractivity contribution in [2.45, 2.75) is 6.10 Å². The molecule has 0 aliphatic heterocycles. The summed E-state index contributed by atoms with van der Waals surface area (Å²) in [4.78, 5) is 8.06. The monoisotopic (exact) mass is 272 g/mol. The molecule has 19 heavy (non-hydrogen) atoms. The van der Waals surface area contributed by atoms with Gasteiger partial charge in [-0.05, 0) is 16.8 Å². The van der Waals surface area contributed by atoms with Gasteiger partial charge in [0.05, 0.1) is 12.8 Å². The van der Waals surface area contributed by atoms with Gasteiger partial charge in [-0.3, -0.25) is 0 Å². The number of thiophene rings is 1. The van der Waals surface area contributed by atoms with E-state index in [2.05, 4.69) is 9.97 Å². The first-order valence-electron chi connectivity index (χ1n) is 5.79. The summed E-state index contributed by atoms with van der Waals surface area (Å²) in [6.07, 6.45) is 0.616. The Balaban J connectivity index is 2.07. The Morgan fingerprint density at radius 1 is 1.26 bits per heavy atom. The van der Waals surface area contributed by atoms with E-state index in [9.17, 15) is 5.11 Å². The van der Waals surface area contributed by atoms with Gasteiger partial charge in [-0.25, -0.2) is 9.97 Å². The highest BCUT2D eigenvalue weighted by Crippen LogP contribution is 2.32. The summed E-state index contributed by atoms with van der Waals surface area (Å²) >= 11 is 1.61. The zero-order valence-electron chi connectivity index (χ0n) is 10.3. The molecule has 0 saturated heterocycles. The molecule has 5 heteroatoms. The van der Waals surface area contributed by atoms with Crippen molar-refractivity contribution < 1.29 is 9.84 Å². The molecule has 0 amide bonds. The third-order valence-electron chi connectivity index (χ3n) is 2.96. The van der Waals surface area contributed by atoms with Gasteiger partial charge in [0.1, 0.15) is 12.4 Å². The Morgan fingerprint density at radius 3 is 3.00 bits per heavy atom. The Hall–Kier alpha value is -1.98. The molecule has 1 atom stereocenters. The summed E-state index contributed by atoms with van der Waals surface area (Å²) in [5.74, 6) is 0.447. The molecule has 0 bridgehead atoms. The van der Waals surface area contributed by atoms with Crippen LogP contribution >= 0.6 is 11.3 Å². The first-order chi connectivity index (χ1) is 9.29. The largest absolute Gasteiger partial charge is 0.481 e. The van der Waals surface area contributed by atoms with Gasteiger partial charge in [-0.2, -0.15) is 0 Å². The van der Waals surface area contributed by atoms with Gasteiger partial charge in [0.25, 0.3) is 0 Å². The quantitative estimate of drug-likeness (QED) is 0.796. The lowest BCUT2D eigenvalue weighted by atomic mass is 10.0. The third kappa shape index (κ3) is 2.18. The number of nitrogens with zero attached hydrogens (tertiary/aromatic N) is 2. The van der Waals surface area contributed by atoms with Crippen molar-refractivity contribution in [3.8, 4) is 5.88 Å². The van der Waals surface area contributed by atoms with E-state index in [0.717, 1.165) is 15.6 Å². The molecule has 3 aromatic rings. The van der Waals surface area contributed by atoms with E-state index in [1.165, 1.54) is 6.33 Å². The second kappa shape index (κ2) is 4.95. The van der Waals surface area contributed by atoms with Gasteiger partial charge in [0.15, 0.2) is 0 Å². The third-order valence-corrected chi connectivity index (χ3v) is 3.94. The van der Waals surface area contributed by atoms with Gasteiger partial charge < -0.3 is 9.84 Å². The molecule has 3 rings (SSSR count). The van der Waals surface area contributed by atoms with Gasteiger partial charge >= 0.3 is 0 Å². The number of aromatic nitrogens is 2. The van der Waals surface area contributed by atoms with Gasteiger partial charge in [-0.15, -0.1) is 11.3 Å². The van der Waals surface area contributed by atoms with Crippen LogP contribution in [0.4, 0.5) is 0 Å². The maximum Gasteiger partial charge on any atom is 0.216 e. The van der Waals surface area contributed by atoms with Crippen LogP contribution in [0.3, 0.4) is 0 Å². The predicted octanol–water partition coefficient (Wildman–Crippen LogP) is 2.78. The van der Waals surface area contributed by atoms with Crippen LogP contribution in [-0.2, 0) is 0 Å². The Kier molecular flexibility index (Phi) is 3.15. The fourth-order valence-electron chi connectivity index (χ4n) is 2.01. The second-order valence-corrected chi connectivity index (χ2v) is 4.99. The first-order valence-corrected chi connectivity index (χ1v) is 6.67. The van der Waals surface area contributed by atoms with Crippen LogP contribution in [0.15, 0.2) is 42.0 Å². The SMILES string of the molecule is COc1cc(C(O)c2cccc3ccsc23)ncn1. The molecule has 2 heterocycles. The standard InChI is InChI=1S/C14H12N2O2S/c1-18-12-7-11(15-8-16-12)13(17)10-4-2-3-9-5-6-19-14(9)10/h2-8,13,17H,1H3. The molecular weight excluding hydrogens is 260 g/mol. The summed E-state index contributed by atoms with van der Waals surface area (Å²) in [7, 11) is 1.54. The van der Waals surface area contributed by atoms with Crippen LogP contribution in [0.5, 0.6) is 5.88 Å². The summed E-state index contributed by atoms with van der Waals surface area (Å²) in [5, 5.41) is 13.6. The first kappa shape index (κ1) is 12.1. The van der Waals surface area contributed by atoms with E-state index >= 15 is 0 Å². The average molecular weight is 272 g/mol. The zero-order chi connectivity index (χ0) is 13.2. The summed E-state index contributed by atoms with van der Waals surface area (Å²) in [5.41, 5.74) is 1.39. The minimum Gasteiger partial charge on any atom is -0.481 e. The highest BCUT2D eigenvalue weighted by Gasteiger charge is 2.16. The minimum absolute atomic E-state index is 0.447. The van der Waals surface area contributed by atoms with E-state index in [-0.39, 0.29) is 0 Å². The molecule has 2 aromatic heterocycles. The highest BCUT2D eigenvalue weighted by molar-refractivity contribution is 7.17. The van der Waals surface area contributed by atoms with Crippen molar-refractivity contribution in [1.29, 1.82) is 0 Å². The van der Waals surface area contributed by atoms with E-state index in [1.54, 1.807) is 24.5 Å². The summed E-state index contributed by atoms with van der Waals surface area (Å²) in [6.45, 7) is 0. The van der Waals surface area contributed by atoms with Crippen molar-refractivity contribution >= 4 is 21.4 Å². The van der Waals surface area contributed by atoms with E-state index in [0.29, 0.717) is 11.6 Å². The van der Waals surface area contributed by atoms with E-state index in [4.69, 9.17) is 4.74 Å². The number of rotatable bonds is 3. The fraction of sp³-hybridized carbons (Fsp3) is 0.143. The molecule has 0 radical (unpaired) electrons. The lowest BCUT2D eigenvalue weighted by molar-refractivity contribution is 0.216. The van der Waals surface area contributed by atoms with Crippen LogP contribution in [0, 0.1) is 0 Å². The van der Waals surface area contributed by atoms with Gasteiger partial charge in [0, 0.05) is 16.3 Å². The summed E-state index contributed by atoms with van der Waals surface area (Å²) in [6, 6.07) is 9.57. The van der Waals surface area contributed by atoms with Crippen molar-refractivity contribution in [1.82, 2.24) is 9.97 Å². The van der Waals surface area contributed by atoms with Crippen LogP contribution in [-0.4, -0.2) is 22.2 Å². The van der Waals surface area contributed by atoms with Gasteiger partial charge in [0.2, 0.25) is 5.88 Å². The van der Waals surface area contributed by atoms with Crippen molar-refractivity contribution in [3.63, 3.8) is 0 Å². The smallest absolute Gasteiger partial charge is 0.216 e. The molecule has 0 aliphatic carbocycles. The fourth-order valence-corrected chi connectivity index (χ4v) is 2.94. The molecule has 0 aliphatic rings. The van der Waals surface area contributed by atoms with Crippen LogP contribution in [0.25, 0.3) is 10.1 Å². The Labute approximate surface area is 114 Å². The molecule has 0 fully saturated rings. The number of benzene rings is 1. The van der Waals surface area contributed by atoms with E-state index < -0.39 is 6.10 Å². The van der Waals surface area contributed by atoms with E-state index in [1.807, 2.05) is 29.6 Å². The topological polar surface area (TPSA) is 55.2 Å². The molecule has 96 valence electrons. The predicted molar refractivity (Wildman–Crippen MR) is 74.5 cm³/mol. The van der Waals surface area contributed by atoms with Crippen LogP contribution < -0.4 is 4.74 Å². The lowest BCUT2D eigenvalue weighted by Crippen LogP contribution is -2.03. The normalized spacial score (nSPS) is 12.5.